The number of hydrogen-bond acceptors (Lipinski definition) is 1. The molecule has 0 unspecified atom stereocenters. The third kappa shape index (κ3) is 4.96. The Kier molecular flexibility index (Phi) is 5.38. The molecule has 1 rings (SSSR count). The summed E-state index contributed by atoms with van der Waals surface area (Å²) in [5, 5.41) is 0. The minimum atomic E-state index is 0.242. The molecule has 0 aliphatic heterocycles. The van der Waals surface area contributed by atoms with E-state index in [1.807, 2.05) is 11.9 Å². The summed E-state index contributed by atoms with van der Waals surface area (Å²) in [5.41, 5.74) is 1.28. The predicted octanol–water partition coefficient (Wildman–Crippen LogP) is 2.21. The van der Waals surface area contributed by atoms with Crippen LogP contribution < -0.4 is 4.46 Å². The molecule has 0 amide bonds. The van der Waals surface area contributed by atoms with Gasteiger partial charge in [0.2, 0.25) is 0 Å². The van der Waals surface area contributed by atoms with Gasteiger partial charge in [0.1, 0.15) is 0 Å². The van der Waals surface area contributed by atoms with Gasteiger partial charge in [0.15, 0.2) is 0 Å². The van der Waals surface area contributed by atoms with Crippen LogP contribution in [0.2, 0.25) is 0 Å². The second kappa shape index (κ2) is 6.60. The van der Waals surface area contributed by atoms with Crippen LogP contribution >= 0.6 is 0 Å². The second-order valence-electron chi connectivity index (χ2n) is 3.45. The Morgan fingerprint density at radius 2 is 2.00 bits per heavy atom. The van der Waals surface area contributed by atoms with E-state index in [0.717, 1.165) is 6.42 Å². The molecule has 0 aliphatic carbocycles. The van der Waals surface area contributed by atoms with Gasteiger partial charge in [-0.2, -0.15) is 0 Å². The summed E-state index contributed by atoms with van der Waals surface area (Å²) in [4.78, 5) is 13.2. The first-order valence-electron chi connectivity index (χ1n) is 5.15. The van der Waals surface area contributed by atoms with E-state index in [1.165, 1.54) is 10.0 Å². The summed E-state index contributed by atoms with van der Waals surface area (Å²) < 4.78 is 1.31. The number of carbonyl (C=O) groups excluding carboxylic acids is 1. The van der Waals surface area contributed by atoms with Crippen LogP contribution in [-0.4, -0.2) is 20.7 Å². The number of rotatable bonds is 5. The van der Waals surface area contributed by atoms with Crippen LogP contribution in [0.5, 0.6) is 0 Å². The fourth-order valence-corrected chi connectivity index (χ4v) is 2.54. The first-order valence-corrected chi connectivity index (χ1v) is 6.99. The van der Waals surface area contributed by atoms with E-state index in [4.69, 9.17) is 0 Å². The average molecular weight is 267 g/mol. The van der Waals surface area contributed by atoms with Crippen LogP contribution in [0.4, 0.5) is 0 Å². The molecule has 0 N–H and O–H groups in total. The normalized spacial score (nSPS) is 10.8. The van der Waals surface area contributed by atoms with E-state index in [9.17, 15) is 4.79 Å². The van der Waals surface area contributed by atoms with E-state index in [-0.39, 0.29) is 20.7 Å². The quantitative estimate of drug-likeness (QED) is 0.590. The van der Waals surface area contributed by atoms with Crippen molar-refractivity contribution in [1.29, 1.82) is 0 Å². The van der Waals surface area contributed by atoms with Crippen LogP contribution in [0, 0.1) is 6.92 Å². The fraction of sp³-hybridized carbons (Fsp3) is 0.308. The van der Waals surface area contributed by atoms with Crippen molar-refractivity contribution in [3.8, 4) is 0 Å². The van der Waals surface area contributed by atoms with Crippen molar-refractivity contribution in [2.45, 2.75) is 26.7 Å². The number of allylic oxidation sites excluding steroid dienone is 1. The first kappa shape index (κ1) is 12.2. The standard InChI is InChI=1S/C13H16OSe/c1-3-4-12(14)9-10-15-13-7-5-11(2)6-8-13/h5-10H,3-4H2,1-2H3/b10-9-. The number of carbonyl (C=O) groups is 1. The molecule has 15 heavy (non-hydrogen) atoms. The Balaban J connectivity index is 2.43. The van der Waals surface area contributed by atoms with Gasteiger partial charge >= 0.3 is 97.6 Å². The summed E-state index contributed by atoms with van der Waals surface area (Å²) in [6.45, 7) is 4.11. The van der Waals surface area contributed by atoms with Gasteiger partial charge in [-0.05, 0) is 0 Å². The Bertz CT molecular complexity index is 338. The monoisotopic (exact) mass is 268 g/mol. The molecule has 0 aromatic heterocycles. The second-order valence-corrected chi connectivity index (χ2v) is 5.50. The van der Waals surface area contributed by atoms with Crippen molar-refractivity contribution in [2.75, 3.05) is 0 Å². The zero-order valence-corrected chi connectivity index (χ0v) is 10.9. The fourth-order valence-electron chi connectivity index (χ4n) is 1.14. The molecule has 1 nitrogen and oxygen atoms in total. The zero-order chi connectivity index (χ0) is 11.1. The van der Waals surface area contributed by atoms with Crippen molar-refractivity contribution < 1.29 is 4.79 Å². The van der Waals surface area contributed by atoms with Gasteiger partial charge in [-0.1, -0.05) is 0 Å². The summed E-state index contributed by atoms with van der Waals surface area (Å²) in [5.74, 6) is 0.242. The topological polar surface area (TPSA) is 17.1 Å². The predicted molar refractivity (Wildman–Crippen MR) is 65.6 cm³/mol. The van der Waals surface area contributed by atoms with Gasteiger partial charge in [-0.3, -0.25) is 0 Å². The van der Waals surface area contributed by atoms with Crippen molar-refractivity contribution in [3.05, 3.63) is 40.9 Å². The number of ketones is 1. The summed E-state index contributed by atoms with van der Waals surface area (Å²) in [6.07, 6.45) is 3.32. The van der Waals surface area contributed by atoms with E-state index in [0.29, 0.717) is 6.42 Å². The van der Waals surface area contributed by atoms with Gasteiger partial charge < -0.3 is 0 Å². The minimum absolute atomic E-state index is 0.242. The molecule has 0 radical (unpaired) electrons. The molecule has 2 heteroatoms. The van der Waals surface area contributed by atoms with Crippen LogP contribution in [0.25, 0.3) is 0 Å². The van der Waals surface area contributed by atoms with Crippen molar-refractivity contribution >= 4 is 25.2 Å². The molecule has 1 aromatic carbocycles. The van der Waals surface area contributed by atoms with Gasteiger partial charge in [-0.15, -0.1) is 0 Å². The third-order valence-electron chi connectivity index (χ3n) is 1.98. The van der Waals surface area contributed by atoms with Crippen molar-refractivity contribution in [1.82, 2.24) is 0 Å². The molecule has 0 fully saturated rings. The molecule has 0 atom stereocenters. The molecule has 0 aliphatic rings. The van der Waals surface area contributed by atoms with Crippen LogP contribution in [-0.2, 0) is 4.79 Å². The van der Waals surface area contributed by atoms with Crippen LogP contribution in [0.15, 0.2) is 35.3 Å². The third-order valence-corrected chi connectivity index (χ3v) is 3.69. The Labute approximate surface area is 97.7 Å². The number of benzene rings is 1. The molecule has 0 saturated carbocycles. The summed E-state index contributed by atoms with van der Waals surface area (Å²) in [6, 6.07) is 8.48. The Morgan fingerprint density at radius 3 is 2.60 bits per heavy atom. The summed E-state index contributed by atoms with van der Waals surface area (Å²) in [7, 11) is 0. The van der Waals surface area contributed by atoms with Gasteiger partial charge in [0.25, 0.3) is 0 Å². The maximum absolute atomic E-state index is 11.2. The summed E-state index contributed by atoms with van der Waals surface area (Å²) >= 11 is 0.289. The van der Waals surface area contributed by atoms with Crippen LogP contribution in [0.1, 0.15) is 25.3 Å². The van der Waals surface area contributed by atoms with Crippen molar-refractivity contribution in [2.24, 2.45) is 0 Å². The Morgan fingerprint density at radius 1 is 1.33 bits per heavy atom. The molecule has 0 heterocycles. The zero-order valence-electron chi connectivity index (χ0n) is 9.19. The Hall–Kier alpha value is -0.851. The van der Waals surface area contributed by atoms with E-state index < -0.39 is 0 Å². The molecule has 0 spiro atoms. The number of hydrogen-bond donors (Lipinski definition) is 0. The van der Waals surface area contributed by atoms with E-state index >= 15 is 0 Å². The van der Waals surface area contributed by atoms with Gasteiger partial charge in [0, 0.05) is 0 Å². The molecule has 80 valence electrons. The van der Waals surface area contributed by atoms with E-state index in [1.54, 1.807) is 6.08 Å². The van der Waals surface area contributed by atoms with Gasteiger partial charge in [-0.25, -0.2) is 0 Å². The first-order chi connectivity index (χ1) is 7.22. The molecular formula is C13H16OSe. The molecule has 0 bridgehead atoms. The van der Waals surface area contributed by atoms with Gasteiger partial charge in [0.05, 0.1) is 0 Å². The molecule has 0 saturated heterocycles. The van der Waals surface area contributed by atoms with E-state index in [2.05, 4.69) is 31.2 Å². The SMILES string of the molecule is CCCC(=O)/C=C\[Se]c1ccc(C)cc1. The maximum atomic E-state index is 11.2. The number of aryl methyl sites for hydroxylation is 1. The van der Waals surface area contributed by atoms with Crippen LogP contribution in [0.3, 0.4) is 0 Å². The molecular weight excluding hydrogens is 251 g/mol. The molecule has 1 aromatic rings. The van der Waals surface area contributed by atoms with Crippen molar-refractivity contribution in [3.63, 3.8) is 0 Å². The average Bonchev–Trinajstić information content (AvgIpc) is 2.21.